The fourth-order valence-corrected chi connectivity index (χ4v) is 3.30. The summed E-state index contributed by atoms with van der Waals surface area (Å²) in [4.78, 5) is 18.2. The van der Waals surface area contributed by atoms with Gasteiger partial charge in [-0.1, -0.05) is 18.7 Å². The lowest BCUT2D eigenvalue weighted by atomic mass is 10.3. The highest BCUT2D eigenvalue weighted by Crippen LogP contribution is 2.20. The summed E-state index contributed by atoms with van der Waals surface area (Å²) in [5.74, 6) is 0.952. The summed E-state index contributed by atoms with van der Waals surface area (Å²) in [5, 5.41) is 4.11. The van der Waals surface area contributed by atoms with E-state index in [4.69, 9.17) is 5.73 Å². The van der Waals surface area contributed by atoms with E-state index in [2.05, 4.69) is 26.5 Å². The van der Waals surface area contributed by atoms with Crippen molar-refractivity contribution in [3.63, 3.8) is 0 Å². The van der Waals surface area contributed by atoms with Crippen LogP contribution < -0.4 is 11.1 Å². The number of hydrogen-bond acceptors (Lipinski definition) is 7. The first kappa shape index (κ1) is 14.7. The van der Waals surface area contributed by atoms with Crippen LogP contribution in [-0.4, -0.2) is 51.6 Å². The highest BCUT2D eigenvalue weighted by Gasteiger charge is 2.21. The second-order valence-corrected chi connectivity index (χ2v) is 6.38. The number of likely N-dealkylation sites (tertiary alicyclic amines) is 1. The SMILES string of the molecule is CCCSc1nsc(NC(=O)CN2CC[C@@H](N)C2)n1. The van der Waals surface area contributed by atoms with E-state index in [9.17, 15) is 4.79 Å². The molecule has 106 valence electrons. The molecule has 19 heavy (non-hydrogen) atoms. The van der Waals surface area contributed by atoms with Gasteiger partial charge in [0.05, 0.1) is 6.54 Å². The van der Waals surface area contributed by atoms with Gasteiger partial charge in [-0.15, -0.1) is 0 Å². The first-order valence-corrected chi connectivity index (χ1v) is 8.17. The van der Waals surface area contributed by atoms with Crippen molar-refractivity contribution in [2.75, 3.05) is 30.7 Å². The molecule has 1 aromatic heterocycles. The second-order valence-electron chi connectivity index (χ2n) is 4.56. The highest BCUT2D eigenvalue weighted by molar-refractivity contribution is 7.99. The predicted molar refractivity (Wildman–Crippen MR) is 78.6 cm³/mol. The monoisotopic (exact) mass is 301 g/mol. The summed E-state index contributed by atoms with van der Waals surface area (Å²) in [5.41, 5.74) is 5.81. The van der Waals surface area contributed by atoms with Gasteiger partial charge >= 0.3 is 0 Å². The minimum absolute atomic E-state index is 0.0442. The number of carbonyl (C=O) groups excluding carboxylic acids is 1. The maximum Gasteiger partial charge on any atom is 0.240 e. The highest BCUT2D eigenvalue weighted by atomic mass is 32.2. The van der Waals surface area contributed by atoms with Crippen LogP contribution in [0.3, 0.4) is 0 Å². The summed E-state index contributed by atoms with van der Waals surface area (Å²) in [7, 11) is 0. The number of amides is 1. The van der Waals surface area contributed by atoms with Crippen molar-refractivity contribution < 1.29 is 4.79 Å². The lowest BCUT2D eigenvalue weighted by Gasteiger charge is -2.13. The van der Waals surface area contributed by atoms with Crippen LogP contribution in [0.1, 0.15) is 19.8 Å². The first-order chi connectivity index (χ1) is 9.17. The van der Waals surface area contributed by atoms with E-state index >= 15 is 0 Å². The molecule has 1 aliphatic heterocycles. The fraction of sp³-hybridized carbons (Fsp3) is 0.727. The number of carbonyl (C=O) groups is 1. The maximum absolute atomic E-state index is 11.8. The van der Waals surface area contributed by atoms with Gasteiger partial charge in [-0.2, -0.15) is 9.36 Å². The molecular weight excluding hydrogens is 282 g/mol. The summed E-state index contributed by atoms with van der Waals surface area (Å²) in [6, 6.07) is 0.200. The summed E-state index contributed by atoms with van der Waals surface area (Å²) in [6.45, 7) is 4.18. The van der Waals surface area contributed by atoms with Crippen molar-refractivity contribution in [2.45, 2.75) is 31.0 Å². The average Bonchev–Trinajstić information content (AvgIpc) is 2.96. The topological polar surface area (TPSA) is 84.1 Å². The quantitative estimate of drug-likeness (QED) is 0.763. The molecule has 0 spiro atoms. The average molecular weight is 301 g/mol. The van der Waals surface area contributed by atoms with Crippen molar-refractivity contribution in [1.29, 1.82) is 0 Å². The molecule has 2 rings (SSSR count). The van der Waals surface area contributed by atoms with Crippen LogP contribution in [-0.2, 0) is 4.79 Å². The zero-order chi connectivity index (χ0) is 13.7. The van der Waals surface area contributed by atoms with Crippen molar-refractivity contribution in [1.82, 2.24) is 14.3 Å². The first-order valence-electron chi connectivity index (χ1n) is 6.41. The Hall–Kier alpha value is -0.700. The molecule has 1 saturated heterocycles. The third-order valence-electron chi connectivity index (χ3n) is 2.77. The molecule has 1 atom stereocenters. The van der Waals surface area contributed by atoms with Gasteiger partial charge in [0.2, 0.25) is 16.2 Å². The molecule has 0 bridgehead atoms. The molecule has 1 aliphatic rings. The molecule has 2 heterocycles. The van der Waals surface area contributed by atoms with E-state index in [-0.39, 0.29) is 11.9 Å². The minimum Gasteiger partial charge on any atom is -0.326 e. The van der Waals surface area contributed by atoms with E-state index in [1.165, 1.54) is 11.5 Å². The van der Waals surface area contributed by atoms with Crippen LogP contribution in [0.4, 0.5) is 5.13 Å². The number of anilines is 1. The lowest BCUT2D eigenvalue weighted by Crippen LogP contribution is -2.33. The van der Waals surface area contributed by atoms with Gasteiger partial charge in [0, 0.05) is 36.4 Å². The predicted octanol–water partition coefficient (Wildman–Crippen LogP) is 1.01. The molecule has 0 saturated carbocycles. The third-order valence-corrected chi connectivity index (χ3v) is 4.56. The number of hydrogen-bond donors (Lipinski definition) is 2. The molecule has 3 N–H and O–H groups in total. The lowest BCUT2D eigenvalue weighted by molar-refractivity contribution is -0.117. The Balaban J connectivity index is 1.77. The molecular formula is C11H19N5OS2. The van der Waals surface area contributed by atoms with Gasteiger partial charge in [-0.3, -0.25) is 15.0 Å². The molecule has 1 fully saturated rings. The number of thioether (sulfide) groups is 1. The summed E-state index contributed by atoms with van der Waals surface area (Å²) in [6.07, 6.45) is 2.05. The van der Waals surface area contributed by atoms with E-state index in [0.717, 1.165) is 36.8 Å². The van der Waals surface area contributed by atoms with E-state index < -0.39 is 0 Å². The van der Waals surface area contributed by atoms with Crippen molar-refractivity contribution in [3.8, 4) is 0 Å². The van der Waals surface area contributed by atoms with Gasteiger partial charge in [-0.25, -0.2) is 0 Å². The Morgan fingerprint density at radius 1 is 1.68 bits per heavy atom. The standard InChI is InChI=1S/C11H19N5OS2/c1-2-5-18-11-14-10(19-15-11)13-9(17)7-16-4-3-8(12)6-16/h8H,2-7,12H2,1H3,(H,13,14,15,17)/t8-/m1/s1. The number of aromatic nitrogens is 2. The van der Waals surface area contributed by atoms with Gasteiger partial charge in [0.1, 0.15) is 0 Å². The molecule has 0 aromatic carbocycles. The van der Waals surface area contributed by atoms with E-state index in [0.29, 0.717) is 11.7 Å². The van der Waals surface area contributed by atoms with Gasteiger partial charge < -0.3 is 5.73 Å². The molecule has 0 aliphatic carbocycles. The van der Waals surface area contributed by atoms with Gasteiger partial charge in [0.15, 0.2) is 0 Å². The van der Waals surface area contributed by atoms with E-state index in [1.807, 2.05) is 0 Å². The molecule has 0 radical (unpaired) electrons. The molecule has 6 nitrogen and oxygen atoms in total. The van der Waals surface area contributed by atoms with Crippen LogP contribution in [0, 0.1) is 0 Å². The summed E-state index contributed by atoms with van der Waals surface area (Å²) >= 11 is 2.84. The Morgan fingerprint density at radius 3 is 3.21 bits per heavy atom. The largest absolute Gasteiger partial charge is 0.326 e. The summed E-state index contributed by atoms with van der Waals surface area (Å²) < 4.78 is 4.20. The smallest absolute Gasteiger partial charge is 0.240 e. The molecule has 8 heteroatoms. The molecule has 1 amide bonds. The van der Waals surface area contributed by atoms with E-state index in [1.54, 1.807) is 11.8 Å². The van der Waals surface area contributed by atoms with Crippen LogP contribution >= 0.6 is 23.3 Å². The van der Waals surface area contributed by atoms with Gasteiger partial charge in [-0.05, 0) is 12.8 Å². The van der Waals surface area contributed by atoms with Crippen LogP contribution in [0.15, 0.2) is 5.16 Å². The zero-order valence-electron chi connectivity index (χ0n) is 11.0. The second kappa shape index (κ2) is 7.18. The van der Waals surface area contributed by atoms with Crippen molar-refractivity contribution in [3.05, 3.63) is 0 Å². The van der Waals surface area contributed by atoms with Crippen LogP contribution in [0.5, 0.6) is 0 Å². The Labute approximate surface area is 121 Å². The number of rotatable bonds is 6. The van der Waals surface area contributed by atoms with Crippen molar-refractivity contribution in [2.24, 2.45) is 5.73 Å². The Kier molecular flexibility index (Phi) is 5.56. The molecule has 0 unspecified atom stereocenters. The minimum atomic E-state index is -0.0442. The van der Waals surface area contributed by atoms with Crippen molar-refractivity contribution >= 4 is 34.3 Å². The number of nitrogens with one attached hydrogen (secondary N) is 1. The normalized spacial score (nSPS) is 19.8. The zero-order valence-corrected chi connectivity index (χ0v) is 12.6. The maximum atomic E-state index is 11.8. The van der Waals surface area contributed by atoms with Gasteiger partial charge in [0.25, 0.3) is 0 Å². The van der Waals surface area contributed by atoms with Crippen LogP contribution in [0.2, 0.25) is 0 Å². The number of nitrogens with zero attached hydrogens (tertiary/aromatic N) is 3. The van der Waals surface area contributed by atoms with Crippen LogP contribution in [0.25, 0.3) is 0 Å². The number of nitrogens with two attached hydrogens (primary N) is 1. The third kappa shape index (κ3) is 4.72. The fourth-order valence-electron chi connectivity index (χ4n) is 1.88. The Bertz CT molecular complexity index is 425. The molecule has 1 aromatic rings. The Morgan fingerprint density at radius 2 is 2.53 bits per heavy atom.